The number of rotatable bonds is 3. The van der Waals surface area contributed by atoms with Gasteiger partial charge in [-0.2, -0.15) is 0 Å². The molecule has 4 heteroatoms. The Morgan fingerprint density at radius 3 is 2.56 bits per heavy atom. The molecule has 0 aliphatic carbocycles. The summed E-state index contributed by atoms with van der Waals surface area (Å²) in [5.41, 5.74) is 1.12. The molecule has 1 atom stereocenters. The lowest BCUT2D eigenvalue weighted by Crippen LogP contribution is -2.16. The number of nitrogens with one attached hydrogen (secondary N) is 1. The fourth-order valence-electron chi connectivity index (χ4n) is 1.66. The first-order valence-corrected chi connectivity index (χ1v) is 6.36. The normalized spacial score (nSPS) is 13.0. The van der Waals surface area contributed by atoms with Gasteiger partial charge in [0, 0.05) is 4.88 Å². The van der Waals surface area contributed by atoms with Crippen LogP contribution >= 0.6 is 22.9 Å². The van der Waals surface area contributed by atoms with Gasteiger partial charge in [-0.3, -0.25) is 0 Å². The molecule has 0 saturated carbocycles. The van der Waals surface area contributed by atoms with Crippen LogP contribution in [0.4, 0.5) is 0 Å². The minimum atomic E-state index is 0.0416. The molecule has 1 unspecified atom stereocenters. The average molecular weight is 256 g/mol. The first kappa shape index (κ1) is 11.7. The van der Waals surface area contributed by atoms with Gasteiger partial charge in [-0.15, -0.1) is 11.3 Å². The molecule has 0 amide bonds. The van der Waals surface area contributed by atoms with Gasteiger partial charge < -0.3 is 9.73 Å². The molecule has 0 saturated heterocycles. The standard InChI is InChI=1S/C12H14ClNOS/c1-7-6-16-12(10(7)13)11(14-3)9-5-4-8(2)15-9/h4-6,11,14H,1-3H3. The second-order valence-electron chi connectivity index (χ2n) is 3.77. The van der Waals surface area contributed by atoms with Crippen LogP contribution in [-0.4, -0.2) is 7.05 Å². The third-order valence-corrected chi connectivity index (χ3v) is 4.30. The van der Waals surface area contributed by atoms with E-state index >= 15 is 0 Å². The maximum atomic E-state index is 6.27. The minimum absolute atomic E-state index is 0.0416. The maximum Gasteiger partial charge on any atom is 0.126 e. The van der Waals surface area contributed by atoms with Gasteiger partial charge in [0.25, 0.3) is 0 Å². The molecule has 0 aliphatic heterocycles. The van der Waals surface area contributed by atoms with Crippen molar-refractivity contribution in [1.82, 2.24) is 5.32 Å². The lowest BCUT2D eigenvalue weighted by Gasteiger charge is -2.12. The molecular formula is C12H14ClNOS. The predicted octanol–water partition coefficient (Wildman–Crippen LogP) is 3.92. The number of furan rings is 1. The third kappa shape index (κ3) is 2.03. The Balaban J connectivity index is 2.40. The highest BCUT2D eigenvalue weighted by atomic mass is 35.5. The largest absolute Gasteiger partial charge is 0.464 e. The van der Waals surface area contributed by atoms with Crippen LogP contribution in [0.2, 0.25) is 5.02 Å². The van der Waals surface area contributed by atoms with Gasteiger partial charge in [-0.1, -0.05) is 11.6 Å². The molecule has 86 valence electrons. The summed E-state index contributed by atoms with van der Waals surface area (Å²) in [7, 11) is 1.91. The molecule has 0 aliphatic rings. The van der Waals surface area contributed by atoms with Crippen molar-refractivity contribution in [1.29, 1.82) is 0 Å². The van der Waals surface area contributed by atoms with Crippen LogP contribution in [0.25, 0.3) is 0 Å². The topological polar surface area (TPSA) is 25.2 Å². The Morgan fingerprint density at radius 1 is 1.38 bits per heavy atom. The number of hydrogen-bond acceptors (Lipinski definition) is 3. The van der Waals surface area contributed by atoms with E-state index in [1.54, 1.807) is 11.3 Å². The van der Waals surface area contributed by atoms with Gasteiger partial charge in [0.2, 0.25) is 0 Å². The van der Waals surface area contributed by atoms with E-state index in [4.69, 9.17) is 16.0 Å². The van der Waals surface area contributed by atoms with Gasteiger partial charge in [0.1, 0.15) is 17.6 Å². The molecular weight excluding hydrogens is 242 g/mol. The molecule has 0 fully saturated rings. The van der Waals surface area contributed by atoms with Crippen molar-refractivity contribution in [2.45, 2.75) is 19.9 Å². The number of hydrogen-bond donors (Lipinski definition) is 1. The van der Waals surface area contributed by atoms with E-state index in [0.29, 0.717) is 0 Å². The van der Waals surface area contributed by atoms with Crippen molar-refractivity contribution in [2.24, 2.45) is 0 Å². The van der Waals surface area contributed by atoms with Crippen LogP contribution in [0, 0.1) is 13.8 Å². The summed E-state index contributed by atoms with van der Waals surface area (Å²) in [4.78, 5) is 1.11. The first-order chi connectivity index (χ1) is 7.63. The molecule has 2 heterocycles. The monoisotopic (exact) mass is 255 g/mol. The van der Waals surface area contributed by atoms with Gasteiger partial charge in [-0.25, -0.2) is 0 Å². The fourth-order valence-corrected chi connectivity index (χ4v) is 3.07. The highest BCUT2D eigenvalue weighted by Gasteiger charge is 2.20. The molecule has 1 N–H and O–H groups in total. The molecule has 0 aromatic carbocycles. The van der Waals surface area contributed by atoms with Crippen LogP contribution in [-0.2, 0) is 0 Å². The Labute approximate surface area is 104 Å². The van der Waals surface area contributed by atoms with Gasteiger partial charge in [0.15, 0.2) is 0 Å². The molecule has 2 nitrogen and oxygen atoms in total. The van der Waals surface area contributed by atoms with Crippen LogP contribution < -0.4 is 5.32 Å². The number of thiophene rings is 1. The van der Waals surface area contributed by atoms with Crippen LogP contribution in [0.1, 0.15) is 28.0 Å². The smallest absolute Gasteiger partial charge is 0.126 e. The van der Waals surface area contributed by atoms with Crippen LogP contribution in [0.15, 0.2) is 21.9 Å². The molecule has 2 rings (SSSR count). The predicted molar refractivity (Wildman–Crippen MR) is 68.4 cm³/mol. The van der Waals surface area contributed by atoms with Gasteiger partial charge in [-0.05, 0) is 44.0 Å². The zero-order chi connectivity index (χ0) is 11.7. The van der Waals surface area contributed by atoms with Crippen molar-refractivity contribution in [3.63, 3.8) is 0 Å². The van der Waals surface area contributed by atoms with Crippen molar-refractivity contribution in [3.05, 3.63) is 44.5 Å². The molecule has 2 aromatic rings. The summed E-state index contributed by atoms with van der Waals surface area (Å²) < 4.78 is 5.64. The SMILES string of the molecule is CNC(c1ccc(C)o1)c1scc(C)c1Cl. The lowest BCUT2D eigenvalue weighted by molar-refractivity contribution is 0.446. The van der Waals surface area contributed by atoms with E-state index in [1.165, 1.54) is 0 Å². The summed E-state index contributed by atoms with van der Waals surface area (Å²) in [6, 6.07) is 4.00. The highest BCUT2D eigenvalue weighted by molar-refractivity contribution is 7.10. The zero-order valence-corrected chi connectivity index (χ0v) is 11.1. The second-order valence-corrected chi connectivity index (χ2v) is 5.06. The number of halogens is 1. The summed E-state index contributed by atoms with van der Waals surface area (Å²) in [6.07, 6.45) is 0. The molecule has 0 bridgehead atoms. The molecule has 0 spiro atoms. The van der Waals surface area contributed by atoms with E-state index in [9.17, 15) is 0 Å². The third-order valence-electron chi connectivity index (χ3n) is 2.52. The summed E-state index contributed by atoms with van der Waals surface area (Å²) >= 11 is 7.93. The maximum absolute atomic E-state index is 6.27. The van der Waals surface area contributed by atoms with Crippen LogP contribution in [0.3, 0.4) is 0 Å². The number of aryl methyl sites for hydroxylation is 2. The quantitative estimate of drug-likeness (QED) is 0.899. The van der Waals surface area contributed by atoms with E-state index in [0.717, 1.165) is 27.0 Å². The van der Waals surface area contributed by atoms with Crippen molar-refractivity contribution in [2.75, 3.05) is 7.05 Å². The Hall–Kier alpha value is -0.770. The van der Waals surface area contributed by atoms with E-state index < -0.39 is 0 Å². The first-order valence-electron chi connectivity index (χ1n) is 5.10. The summed E-state index contributed by atoms with van der Waals surface area (Å²) in [5.74, 6) is 1.82. The highest BCUT2D eigenvalue weighted by Crippen LogP contribution is 2.35. The molecule has 16 heavy (non-hydrogen) atoms. The van der Waals surface area contributed by atoms with Crippen LogP contribution in [0.5, 0.6) is 0 Å². The van der Waals surface area contributed by atoms with E-state index in [-0.39, 0.29) is 6.04 Å². The van der Waals surface area contributed by atoms with Crippen molar-refractivity contribution in [3.8, 4) is 0 Å². The molecule has 0 radical (unpaired) electrons. The minimum Gasteiger partial charge on any atom is -0.464 e. The average Bonchev–Trinajstić information content (AvgIpc) is 2.81. The van der Waals surface area contributed by atoms with Gasteiger partial charge >= 0.3 is 0 Å². The van der Waals surface area contributed by atoms with Crippen molar-refractivity contribution >= 4 is 22.9 Å². The summed E-state index contributed by atoms with van der Waals surface area (Å²) in [5, 5.41) is 6.13. The Kier molecular flexibility index (Phi) is 3.38. The summed E-state index contributed by atoms with van der Waals surface area (Å²) in [6.45, 7) is 3.96. The Morgan fingerprint density at radius 2 is 2.12 bits per heavy atom. The second kappa shape index (κ2) is 4.62. The Bertz CT molecular complexity index is 489. The zero-order valence-electron chi connectivity index (χ0n) is 9.50. The fraction of sp³-hybridized carbons (Fsp3) is 0.333. The van der Waals surface area contributed by atoms with Gasteiger partial charge in [0.05, 0.1) is 5.02 Å². The van der Waals surface area contributed by atoms with E-state index in [2.05, 4.69) is 10.7 Å². The molecule has 2 aromatic heterocycles. The lowest BCUT2D eigenvalue weighted by atomic mass is 10.1. The van der Waals surface area contributed by atoms with Crippen molar-refractivity contribution < 1.29 is 4.42 Å². The van der Waals surface area contributed by atoms with E-state index in [1.807, 2.05) is 33.0 Å².